The number of rotatable bonds is 7. The number of hydrogen-bond donors (Lipinski definition) is 2. The minimum atomic E-state index is -3.83. The summed E-state index contributed by atoms with van der Waals surface area (Å²) in [4.78, 5) is 25.3. The number of hydrogen-bond acceptors (Lipinski definition) is 6. The van der Waals surface area contributed by atoms with E-state index in [1.54, 1.807) is 43.3 Å². The maximum atomic E-state index is 13.0. The van der Waals surface area contributed by atoms with Gasteiger partial charge < -0.3 is 20.1 Å². The predicted octanol–water partition coefficient (Wildman–Crippen LogP) is 2.65. The van der Waals surface area contributed by atoms with Crippen molar-refractivity contribution in [3.8, 4) is 5.75 Å². The molecular weight excluding hydrogens is 420 g/mol. The first-order chi connectivity index (χ1) is 14.7. The van der Waals surface area contributed by atoms with Crippen LogP contribution in [0.2, 0.25) is 0 Å². The Labute approximate surface area is 181 Å². The van der Waals surface area contributed by atoms with E-state index < -0.39 is 33.6 Å². The number of esters is 1. The van der Waals surface area contributed by atoms with E-state index in [4.69, 9.17) is 9.47 Å². The van der Waals surface area contributed by atoms with Crippen LogP contribution in [-0.2, 0) is 19.4 Å². The van der Waals surface area contributed by atoms with Gasteiger partial charge in [0, 0.05) is 5.70 Å². The lowest BCUT2D eigenvalue weighted by Crippen LogP contribution is -2.47. The van der Waals surface area contributed by atoms with Crippen LogP contribution in [0, 0.1) is 6.92 Å². The molecule has 1 heterocycles. The molecule has 2 aromatic carbocycles. The Morgan fingerprint density at radius 1 is 1.13 bits per heavy atom. The van der Waals surface area contributed by atoms with E-state index in [2.05, 4.69) is 10.6 Å². The van der Waals surface area contributed by atoms with Gasteiger partial charge in [0.25, 0.3) is 0 Å². The van der Waals surface area contributed by atoms with Gasteiger partial charge in [0.05, 0.1) is 36.0 Å². The van der Waals surface area contributed by atoms with Crippen LogP contribution in [0.25, 0.3) is 0 Å². The molecular formula is C22H24N2O6S. The van der Waals surface area contributed by atoms with Crippen molar-refractivity contribution < 1.29 is 27.5 Å². The Hall–Kier alpha value is -3.33. The number of ether oxygens (including phenoxy) is 2. The van der Waals surface area contributed by atoms with Crippen molar-refractivity contribution in [1.82, 2.24) is 10.6 Å². The predicted molar refractivity (Wildman–Crippen MR) is 114 cm³/mol. The second-order valence-electron chi connectivity index (χ2n) is 6.99. The summed E-state index contributed by atoms with van der Waals surface area (Å²) in [7, 11) is -2.33. The molecule has 0 spiro atoms. The van der Waals surface area contributed by atoms with Crippen molar-refractivity contribution in [3.63, 3.8) is 0 Å². The normalized spacial score (nSPS) is 16.4. The molecule has 31 heavy (non-hydrogen) atoms. The van der Waals surface area contributed by atoms with Crippen LogP contribution in [-0.4, -0.2) is 39.9 Å². The summed E-state index contributed by atoms with van der Waals surface area (Å²) in [5.74, 6) is -0.739. The lowest BCUT2D eigenvalue weighted by atomic mass is 9.95. The van der Waals surface area contributed by atoms with E-state index in [1.807, 2.05) is 6.92 Å². The molecule has 0 bridgehead atoms. The number of nitrogens with one attached hydrogen (secondary N) is 2. The molecule has 3 rings (SSSR count). The summed E-state index contributed by atoms with van der Waals surface area (Å²) in [6.45, 7) is 3.60. The number of methoxy groups -OCH3 is 1. The van der Waals surface area contributed by atoms with Crippen LogP contribution in [0.3, 0.4) is 0 Å². The smallest absolute Gasteiger partial charge is 0.338 e. The largest absolute Gasteiger partial charge is 0.497 e. The minimum Gasteiger partial charge on any atom is -0.497 e. The number of carbonyl (C=O) groups excluding carboxylic acids is 2. The molecule has 0 aliphatic carbocycles. The van der Waals surface area contributed by atoms with E-state index in [0.717, 1.165) is 5.56 Å². The number of aryl methyl sites for hydroxylation is 1. The lowest BCUT2D eigenvalue weighted by Gasteiger charge is -2.29. The van der Waals surface area contributed by atoms with E-state index in [-0.39, 0.29) is 22.8 Å². The summed E-state index contributed by atoms with van der Waals surface area (Å²) in [5.41, 5.74) is 1.49. The SMILES string of the molecule is CCOC(=O)C1=C(CS(=O)(=O)c2ccc(C)cc2)NC(=O)N[C@@H]1c1cccc(OC)c1. The molecule has 9 heteroatoms. The van der Waals surface area contributed by atoms with Crippen LogP contribution in [0.5, 0.6) is 5.75 Å². The zero-order valence-corrected chi connectivity index (χ0v) is 18.3. The van der Waals surface area contributed by atoms with Gasteiger partial charge in [-0.05, 0) is 43.7 Å². The Balaban J connectivity index is 2.10. The first-order valence-corrected chi connectivity index (χ1v) is 11.3. The maximum absolute atomic E-state index is 13.0. The van der Waals surface area contributed by atoms with Gasteiger partial charge in [0.1, 0.15) is 5.75 Å². The molecule has 2 amide bonds. The third-order valence-electron chi connectivity index (χ3n) is 4.79. The van der Waals surface area contributed by atoms with Crippen LogP contribution in [0.1, 0.15) is 24.1 Å². The second kappa shape index (κ2) is 9.22. The average molecular weight is 445 g/mol. The maximum Gasteiger partial charge on any atom is 0.338 e. The topological polar surface area (TPSA) is 111 Å². The Morgan fingerprint density at radius 3 is 2.48 bits per heavy atom. The molecule has 0 saturated heterocycles. The summed E-state index contributed by atoms with van der Waals surface area (Å²) in [6.07, 6.45) is 0. The molecule has 2 aromatic rings. The minimum absolute atomic E-state index is 0.0180. The second-order valence-corrected chi connectivity index (χ2v) is 8.98. The van der Waals surface area contributed by atoms with Gasteiger partial charge in [-0.3, -0.25) is 0 Å². The van der Waals surface area contributed by atoms with Gasteiger partial charge in [0.15, 0.2) is 9.84 Å². The molecule has 2 N–H and O–H groups in total. The zero-order valence-electron chi connectivity index (χ0n) is 17.5. The molecule has 1 atom stereocenters. The van der Waals surface area contributed by atoms with Gasteiger partial charge in [0.2, 0.25) is 0 Å². The lowest BCUT2D eigenvalue weighted by molar-refractivity contribution is -0.139. The fraction of sp³-hybridized carbons (Fsp3) is 0.273. The third kappa shape index (κ3) is 5.05. The van der Waals surface area contributed by atoms with Gasteiger partial charge >= 0.3 is 12.0 Å². The van der Waals surface area contributed by atoms with Crippen molar-refractivity contribution in [2.75, 3.05) is 19.5 Å². The van der Waals surface area contributed by atoms with Crippen LogP contribution in [0.15, 0.2) is 64.7 Å². The molecule has 164 valence electrons. The van der Waals surface area contributed by atoms with Gasteiger partial charge in [-0.15, -0.1) is 0 Å². The molecule has 1 aliphatic rings. The summed E-state index contributed by atoms with van der Waals surface area (Å²) >= 11 is 0. The van der Waals surface area contributed by atoms with E-state index in [1.165, 1.54) is 19.2 Å². The molecule has 0 radical (unpaired) electrons. The number of carbonyl (C=O) groups is 2. The molecule has 0 aromatic heterocycles. The molecule has 0 unspecified atom stereocenters. The zero-order chi connectivity index (χ0) is 22.6. The van der Waals surface area contributed by atoms with Crippen molar-refractivity contribution in [2.45, 2.75) is 24.8 Å². The summed E-state index contributed by atoms with van der Waals surface area (Å²) in [6, 6.07) is 11.7. The highest BCUT2D eigenvalue weighted by molar-refractivity contribution is 7.91. The standard InChI is InChI=1S/C22H24N2O6S/c1-4-30-21(25)19-18(13-31(27,28)17-10-8-14(2)9-11-17)23-22(26)24-20(19)15-6-5-7-16(12-15)29-3/h5-12,20H,4,13H2,1-3H3,(H2,23,24,26)/t20-/m1/s1. The van der Waals surface area contributed by atoms with E-state index in [0.29, 0.717) is 11.3 Å². The highest BCUT2D eigenvalue weighted by Crippen LogP contribution is 2.31. The Morgan fingerprint density at radius 2 is 1.84 bits per heavy atom. The van der Waals surface area contributed by atoms with Crippen molar-refractivity contribution in [1.29, 1.82) is 0 Å². The van der Waals surface area contributed by atoms with E-state index in [9.17, 15) is 18.0 Å². The molecule has 1 aliphatic heterocycles. The van der Waals surface area contributed by atoms with Crippen LogP contribution < -0.4 is 15.4 Å². The molecule has 0 saturated carbocycles. The van der Waals surface area contributed by atoms with Crippen molar-refractivity contribution in [2.24, 2.45) is 0 Å². The van der Waals surface area contributed by atoms with Gasteiger partial charge in [-0.2, -0.15) is 0 Å². The van der Waals surface area contributed by atoms with E-state index >= 15 is 0 Å². The third-order valence-corrected chi connectivity index (χ3v) is 6.45. The fourth-order valence-corrected chi connectivity index (χ4v) is 4.60. The highest BCUT2D eigenvalue weighted by Gasteiger charge is 2.35. The Bertz CT molecular complexity index is 1120. The summed E-state index contributed by atoms with van der Waals surface area (Å²) in [5, 5.41) is 5.17. The van der Waals surface area contributed by atoms with Gasteiger partial charge in [-0.25, -0.2) is 18.0 Å². The van der Waals surface area contributed by atoms with Crippen LogP contribution >= 0.6 is 0 Å². The highest BCUT2D eigenvalue weighted by atomic mass is 32.2. The van der Waals surface area contributed by atoms with Crippen molar-refractivity contribution in [3.05, 3.63) is 70.9 Å². The first-order valence-electron chi connectivity index (χ1n) is 9.66. The summed E-state index contributed by atoms with van der Waals surface area (Å²) < 4.78 is 36.4. The quantitative estimate of drug-likeness (QED) is 0.635. The Kier molecular flexibility index (Phi) is 6.65. The number of sulfone groups is 1. The monoisotopic (exact) mass is 444 g/mol. The first kappa shape index (κ1) is 22.4. The van der Waals surface area contributed by atoms with Gasteiger partial charge in [-0.1, -0.05) is 29.8 Å². The number of amides is 2. The number of benzene rings is 2. The average Bonchev–Trinajstić information content (AvgIpc) is 2.73. The molecule has 8 nitrogen and oxygen atoms in total. The molecule has 0 fully saturated rings. The fourth-order valence-electron chi connectivity index (χ4n) is 3.27. The number of urea groups is 1. The van der Waals surface area contributed by atoms with Crippen LogP contribution in [0.4, 0.5) is 4.79 Å². The van der Waals surface area contributed by atoms with Crippen molar-refractivity contribution >= 4 is 21.8 Å².